The van der Waals surface area contributed by atoms with Crippen LogP contribution in [0, 0.1) is 0 Å². The second kappa shape index (κ2) is 5.21. The predicted molar refractivity (Wildman–Crippen MR) is 76.3 cm³/mol. The van der Waals surface area contributed by atoms with Gasteiger partial charge in [0.05, 0.1) is 11.4 Å². The minimum absolute atomic E-state index is 0.194. The quantitative estimate of drug-likeness (QED) is 0.791. The molecular formula is C15H16N4O. The molecule has 0 aliphatic carbocycles. The Morgan fingerprint density at radius 3 is 2.60 bits per heavy atom. The monoisotopic (exact) mass is 268 g/mol. The molecule has 0 fully saturated rings. The molecule has 0 aliphatic rings. The number of benzene rings is 1. The number of aromatic hydroxyl groups is 1. The molecule has 2 aromatic heterocycles. The van der Waals surface area contributed by atoms with Crippen LogP contribution in [0.5, 0.6) is 5.75 Å². The van der Waals surface area contributed by atoms with Crippen molar-refractivity contribution >= 4 is 0 Å². The Kier molecular flexibility index (Phi) is 3.25. The number of hydrogen-bond donors (Lipinski definition) is 1. The van der Waals surface area contributed by atoms with E-state index in [4.69, 9.17) is 0 Å². The first-order valence-electron chi connectivity index (χ1n) is 6.67. The van der Waals surface area contributed by atoms with E-state index in [0.29, 0.717) is 5.82 Å². The summed E-state index contributed by atoms with van der Waals surface area (Å²) >= 11 is 0. The van der Waals surface area contributed by atoms with Gasteiger partial charge >= 0.3 is 0 Å². The Morgan fingerprint density at radius 1 is 1.15 bits per heavy atom. The molecule has 3 aromatic rings. The van der Waals surface area contributed by atoms with E-state index in [-0.39, 0.29) is 5.75 Å². The molecule has 3 rings (SSSR count). The highest BCUT2D eigenvalue weighted by Gasteiger charge is 2.19. The SMILES string of the molecule is CCCc1c(O)c(-n2cccn2)nn1-c1ccccc1. The average Bonchev–Trinajstić information content (AvgIpc) is 3.10. The fraction of sp³-hybridized carbons (Fsp3) is 0.200. The lowest BCUT2D eigenvalue weighted by molar-refractivity contribution is 0.462. The zero-order valence-corrected chi connectivity index (χ0v) is 11.3. The van der Waals surface area contributed by atoms with Gasteiger partial charge in [0.25, 0.3) is 0 Å². The van der Waals surface area contributed by atoms with Crippen LogP contribution in [0.25, 0.3) is 11.5 Å². The summed E-state index contributed by atoms with van der Waals surface area (Å²) in [6.07, 6.45) is 5.13. The van der Waals surface area contributed by atoms with Crippen molar-refractivity contribution in [2.45, 2.75) is 19.8 Å². The molecular weight excluding hydrogens is 252 g/mol. The van der Waals surface area contributed by atoms with Gasteiger partial charge in [-0.2, -0.15) is 5.10 Å². The van der Waals surface area contributed by atoms with Crippen molar-refractivity contribution in [3.05, 3.63) is 54.5 Å². The molecule has 0 saturated heterocycles. The summed E-state index contributed by atoms with van der Waals surface area (Å²) in [7, 11) is 0. The van der Waals surface area contributed by atoms with Gasteiger partial charge in [-0.3, -0.25) is 0 Å². The highest BCUT2D eigenvalue weighted by Crippen LogP contribution is 2.28. The largest absolute Gasteiger partial charge is 0.503 e. The van der Waals surface area contributed by atoms with Crippen LogP contribution in [0.1, 0.15) is 19.0 Å². The normalized spacial score (nSPS) is 10.8. The first-order valence-corrected chi connectivity index (χ1v) is 6.67. The Bertz CT molecular complexity index is 686. The van der Waals surface area contributed by atoms with Gasteiger partial charge in [0.15, 0.2) is 5.75 Å². The van der Waals surface area contributed by atoms with Crippen LogP contribution < -0.4 is 0 Å². The Hall–Kier alpha value is -2.56. The van der Waals surface area contributed by atoms with Gasteiger partial charge < -0.3 is 5.11 Å². The molecule has 0 spiro atoms. The smallest absolute Gasteiger partial charge is 0.218 e. The highest BCUT2D eigenvalue weighted by atomic mass is 16.3. The fourth-order valence-corrected chi connectivity index (χ4v) is 2.22. The van der Waals surface area contributed by atoms with Crippen molar-refractivity contribution in [1.29, 1.82) is 0 Å². The summed E-state index contributed by atoms with van der Waals surface area (Å²) in [6, 6.07) is 11.6. The molecule has 0 saturated carbocycles. The summed E-state index contributed by atoms with van der Waals surface area (Å²) in [6.45, 7) is 2.08. The van der Waals surface area contributed by atoms with Crippen LogP contribution in [-0.4, -0.2) is 24.7 Å². The van der Waals surface area contributed by atoms with E-state index >= 15 is 0 Å². The molecule has 0 radical (unpaired) electrons. The van der Waals surface area contributed by atoms with Crippen molar-refractivity contribution in [1.82, 2.24) is 19.6 Å². The van der Waals surface area contributed by atoms with E-state index in [1.165, 1.54) is 0 Å². The first kappa shape index (κ1) is 12.5. The number of aromatic nitrogens is 4. The van der Waals surface area contributed by atoms with E-state index < -0.39 is 0 Å². The Balaban J connectivity index is 2.16. The minimum atomic E-state index is 0.194. The lowest BCUT2D eigenvalue weighted by atomic mass is 10.2. The molecule has 5 heteroatoms. The molecule has 2 heterocycles. The zero-order valence-electron chi connectivity index (χ0n) is 11.3. The van der Waals surface area contributed by atoms with Gasteiger partial charge in [0, 0.05) is 12.4 Å². The Labute approximate surface area is 117 Å². The predicted octanol–water partition coefficient (Wildman–Crippen LogP) is 2.72. The average molecular weight is 268 g/mol. The lowest BCUT2D eigenvalue weighted by Crippen LogP contribution is -2.02. The van der Waals surface area contributed by atoms with Crippen molar-refractivity contribution in [2.75, 3.05) is 0 Å². The van der Waals surface area contributed by atoms with Gasteiger partial charge in [-0.05, 0) is 24.6 Å². The zero-order chi connectivity index (χ0) is 13.9. The third-order valence-corrected chi connectivity index (χ3v) is 3.14. The molecule has 0 amide bonds. The summed E-state index contributed by atoms with van der Waals surface area (Å²) < 4.78 is 3.36. The number of rotatable bonds is 4. The molecule has 102 valence electrons. The molecule has 0 aliphatic heterocycles. The molecule has 1 aromatic carbocycles. The van der Waals surface area contributed by atoms with Crippen LogP contribution in [0.15, 0.2) is 48.8 Å². The lowest BCUT2D eigenvalue weighted by Gasteiger charge is -2.05. The van der Waals surface area contributed by atoms with Crippen LogP contribution in [-0.2, 0) is 6.42 Å². The molecule has 0 bridgehead atoms. The highest BCUT2D eigenvalue weighted by molar-refractivity contribution is 5.47. The maximum Gasteiger partial charge on any atom is 0.218 e. The van der Waals surface area contributed by atoms with Crippen LogP contribution in [0.4, 0.5) is 0 Å². The number of hydrogen-bond acceptors (Lipinski definition) is 3. The summed E-state index contributed by atoms with van der Waals surface area (Å²) in [5.41, 5.74) is 1.74. The number of nitrogens with zero attached hydrogens (tertiary/aromatic N) is 4. The summed E-state index contributed by atoms with van der Waals surface area (Å²) in [4.78, 5) is 0. The third kappa shape index (κ3) is 2.07. The van der Waals surface area contributed by atoms with Crippen LogP contribution in [0.2, 0.25) is 0 Å². The molecule has 5 nitrogen and oxygen atoms in total. The fourth-order valence-electron chi connectivity index (χ4n) is 2.22. The first-order chi connectivity index (χ1) is 9.81. The van der Waals surface area contributed by atoms with Crippen LogP contribution >= 0.6 is 0 Å². The third-order valence-electron chi connectivity index (χ3n) is 3.14. The van der Waals surface area contributed by atoms with Crippen molar-refractivity contribution < 1.29 is 5.11 Å². The van der Waals surface area contributed by atoms with Crippen LogP contribution in [0.3, 0.4) is 0 Å². The van der Waals surface area contributed by atoms with E-state index in [1.54, 1.807) is 27.8 Å². The van der Waals surface area contributed by atoms with Crippen molar-refractivity contribution in [2.24, 2.45) is 0 Å². The number of para-hydroxylation sites is 1. The molecule has 1 N–H and O–H groups in total. The Morgan fingerprint density at radius 2 is 1.95 bits per heavy atom. The minimum Gasteiger partial charge on any atom is -0.503 e. The van der Waals surface area contributed by atoms with Gasteiger partial charge in [0.1, 0.15) is 0 Å². The van der Waals surface area contributed by atoms with Gasteiger partial charge in [-0.1, -0.05) is 31.5 Å². The van der Waals surface area contributed by atoms with Crippen molar-refractivity contribution in [3.8, 4) is 17.3 Å². The summed E-state index contributed by atoms with van der Waals surface area (Å²) in [5.74, 6) is 0.654. The molecule has 20 heavy (non-hydrogen) atoms. The van der Waals surface area contributed by atoms with Gasteiger partial charge in [0.2, 0.25) is 5.82 Å². The van der Waals surface area contributed by atoms with Gasteiger partial charge in [-0.15, -0.1) is 5.10 Å². The second-order valence-electron chi connectivity index (χ2n) is 4.57. The van der Waals surface area contributed by atoms with E-state index in [0.717, 1.165) is 24.2 Å². The van der Waals surface area contributed by atoms with E-state index in [2.05, 4.69) is 17.1 Å². The summed E-state index contributed by atoms with van der Waals surface area (Å²) in [5, 5.41) is 19.1. The van der Waals surface area contributed by atoms with E-state index in [1.807, 2.05) is 30.3 Å². The maximum absolute atomic E-state index is 10.4. The van der Waals surface area contributed by atoms with Crippen molar-refractivity contribution in [3.63, 3.8) is 0 Å². The standard InChI is InChI=1S/C15H16N4O/c1-2-7-13-14(20)15(18-11-6-10-16-18)17-19(13)12-8-4-3-5-9-12/h3-6,8-11,20H,2,7H2,1H3. The second-order valence-corrected chi connectivity index (χ2v) is 4.57. The van der Waals surface area contributed by atoms with E-state index in [9.17, 15) is 5.11 Å². The molecule has 0 unspecified atom stereocenters. The molecule has 0 atom stereocenters. The topological polar surface area (TPSA) is 55.9 Å². The maximum atomic E-state index is 10.4. The van der Waals surface area contributed by atoms with Gasteiger partial charge in [-0.25, -0.2) is 9.36 Å².